The highest BCUT2D eigenvalue weighted by Crippen LogP contribution is 2.35. The molecule has 2 saturated heterocycles. The van der Waals surface area contributed by atoms with Crippen molar-refractivity contribution in [1.82, 2.24) is 15.1 Å². The quantitative estimate of drug-likeness (QED) is 0.769. The van der Waals surface area contributed by atoms with E-state index in [1.807, 2.05) is 4.90 Å². The highest BCUT2D eigenvalue weighted by atomic mass is 16.2. The Labute approximate surface area is 110 Å². The minimum absolute atomic E-state index is 0.311. The van der Waals surface area contributed by atoms with Crippen LogP contribution in [0.3, 0.4) is 0 Å². The second-order valence-corrected chi connectivity index (χ2v) is 5.97. The molecule has 0 bridgehead atoms. The average molecular weight is 251 g/mol. The SMILES string of the molecule is O=C(N1CCNCC1)N1CCCC1C1CCCC1. The lowest BCUT2D eigenvalue weighted by molar-refractivity contribution is 0.128. The number of carbonyl (C=O) groups is 1. The van der Waals surface area contributed by atoms with Crippen LogP contribution in [-0.4, -0.2) is 54.6 Å². The molecule has 1 N–H and O–H groups in total. The molecule has 1 saturated carbocycles. The van der Waals surface area contributed by atoms with E-state index in [0.717, 1.165) is 38.6 Å². The molecule has 1 atom stereocenters. The Hall–Kier alpha value is -0.770. The van der Waals surface area contributed by atoms with Gasteiger partial charge in [0.1, 0.15) is 0 Å². The Balaban J connectivity index is 1.63. The van der Waals surface area contributed by atoms with Crippen molar-refractivity contribution in [3.8, 4) is 0 Å². The summed E-state index contributed by atoms with van der Waals surface area (Å²) in [6.45, 7) is 4.66. The Kier molecular flexibility index (Phi) is 3.73. The lowest BCUT2D eigenvalue weighted by Gasteiger charge is -2.36. The number of nitrogens with zero attached hydrogens (tertiary/aromatic N) is 2. The van der Waals surface area contributed by atoms with E-state index in [2.05, 4.69) is 10.2 Å². The molecular formula is C14H25N3O. The number of hydrogen-bond donors (Lipinski definition) is 1. The first-order valence-electron chi connectivity index (χ1n) is 7.62. The molecule has 0 aromatic heterocycles. The van der Waals surface area contributed by atoms with E-state index in [9.17, 15) is 4.79 Å². The normalized spacial score (nSPS) is 30.1. The van der Waals surface area contributed by atoms with Gasteiger partial charge in [-0.3, -0.25) is 0 Å². The predicted molar refractivity (Wildman–Crippen MR) is 71.5 cm³/mol. The van der Waals surface area contributed by atoms with Gasteiger partial charge in [-0.25, -0.2) is 4.79 Å². The lowest BCUT2D eigenvalue weighted by Crippen LogP contribution is -2.53. The van der Waals surface area contributed by atoms with E-state index in [0.29, 0.717) is 12.1 Å². The molecule has 0 radical (unpaired) electrons. The molecule has 2 amide bonds. The van der Waals surface area contributed by atoms with E-state index in [4.69, 9.17) is 0 Å². The predicted octanol–water partition coefficient (Wildman–Crippen LogP) is 1.67. The van der Waals surface area contributed by atoms with Gasteiger partial charge in [-0.15, -0.1) is 0 Å². The van der Waals surface area contributed by atoms with Gasteiger partial charge in [-0.2, -0.15) is 0 Å². The summed E-state index contributed by atoms with van der Waals surface area (Å²) < 4.78 is 0. The van der Waals surface area contributed by atoms with E-state index in [-0.39, 0.29) is 0 Å². The van der Waals surface area contributed by atoms with Crippen molar-refractivity contribution in [3.05, 3.63) is 0 Å². The van der Waals surface area contributed by atoms with Crippen LogP contribution < -0.4 is 5.32 Å². The molecule has 4 nitrogen and oxygen atoms in total. The molecule has 3 fully saturated rings. The molecule has 3 rings (SSSR count). The van der Waals surface area contributed by atoms with Crippen LogP contribution in [0.25, 0.3) is 0 Å². The molecule has 4 heteroatoms. The number of hydrogen-bond acceptors (Lipinski definition) is 2. The zero-order valence-electron chi connectivity index (χ0n) is 11.2. The molecule has 3 aliphatic rings. The maximum Gasteiger partial charge on any atom is 0.320 e. The largest absolute Gasteiger partial charge is 0.322 e. The molecule has 1 aliphatic carbocycles. The van der Waals surface area contributed by atoms with Gasteiger partial charge in [-0.05, 0) is 31.6 Å². The maximum absolute atomic E-state index is 12.6. The van der Waals surface area contributed by atoms with Gasteiger partial charge >= 0.3 is 6.03 Å². The number of rotatable bonds is 1. The molecule has 102 valence electrons. The summed E-state index contributed by atoms with van der Waals surface area (Å²) in [4.78, 5) is 16.8. The van der Waals surface area contributed by atoms with Crippen molar-refractivity contribution in [2.24, 2.45) is 5.92 Å². The Morgan fingerprint density at radius 1 is 0.944 bits per heavy atom. The van der Waals surface area contributed by atoms with Crippen LogP contribution in [0.1, 0.15) is 38.5 Å². The Bertz CT molecular complexity index is 295. The number of urea groups is 1. The molecule has 1 unspecified atom stereocenters. The molecule has 2 aliphatic heterocycles. The summed E-state index contributed by atoms with van der Waals surface area (Å²) in [6.07, 6.45) is 7.88. The fourth-order valence-corrected chi connectivity index (χ4v) is 3.90. The van der Waals surface area contributed by atoms with Crippen LogP contribution in [0.2, 0.25) is 0 Å². The van der Waals surface area contributed by atoms with Gasteiger partial charge in [0.25, 0.3) is 0 Å². The topological polar surface area (TPSA) is 35.6 Å². The second-order valence-electron chi connectivity index (χ2n) is 5.97. The number of likely N-dealkylation sites (tertiary alicyclic amines) is 1. The fraction of sp³-hybridized carbons (Fsp3) is 0.929. The third-order valence-corrected chi connectivity index (χ3v) is 4.88. The highest BCUT2D eigenvalue weighted by molar-refractivity contribution is 5.75. The minimum Gasteiger partial charge on any atom is -0.322 e. The summed E-state index contributed by atoms with van der Waals surface area (Å²) in [5.74, 6) is 0.791. The molecule has 2 heterocycles. The summed E-state index contributed by atoms with van der Waals surface area (Å²) >= 11 is 0. The standard InChI is InChI=1S/C14H25N3O/c18-14(16-10-7-15-8-11-16)17-9-3-6-13(17)12-4-1-2-5-12/h12-13,15H,1-11H2. The smallest absolute Gasteiger partial charge is 0.320 e. The number of nitrogens with one attached hydrogen (secondary N) is 1. The molecule has 0 spiro atoms. The Morgan fingerprint density at radius 2 is 1.67 bits per heavy atom. The summed E-state index contributed by atoms with van der Waals surface area (Å²) in [5, 5.41) is 3.31. The number of amides is 2. The van der Waals surface area contributed by atoms with Gasteiger partial charge in [0.2, 0.25) is 0 Å². The molecule has 0 aromatic carbocycles. The monoisotopic (exact) mass is 251 g/mol. The maximum atomic E-state index is 12.6. The fourth-order valence-electron chi connectivity index (χ4n) is 3.90. The van der Waals surface area contributed by atoms with Crippen molar-refractivity contribution in [3.63, 3.8) is 0 Å². The first kappa shape index (κ1) is 12.3. The average Bonchev–Trinajstić information content (AvgIpc) is 3.09. The first-order valence-corrected chi connectivity index (χ1v) is 7.62. The van der Waals surface area contributed by atoms with Crippen molar-refractivity contribution < 1.29 is 4.79 Å². The van der Waals surface area contributed by atoms with Crippen LogP contribution in [-0.2, 0) is 0 Å². The van der Waals surface area contributed by atoms with Crippen molar-refractivity contribution in [2.75, 3.05) is 32.7 Å². The number of piperazine rings is 1. The van der Waals surface area contributed by atoms with Gasteiger partial charge in [-0.1, -0.05) is 12.8 Å². The number of carbonyl (C=O) groups excluding carboxylic acids is 1. The summed E-state index contributed by atoms with van der Waals surface area (Å²) in [5.41, 5.74) is 0. The van der Waals surface area contributed by atoms with Gasteiger partial charge < -0.3 is 15.1 Å². The van der Waals surface area contributed by atoms with Crippen LogP contribution in [0, 0.1) is 5.92 Å². The highest BCUT2D eigenvalue weighted by Gasteiger charge is 2.37. The van der Waals surface area contributed by atoms with Crippen LogP contribution in [0.4, 0.5) is 4.79 Å². The summed E-state index contributed by atoms with van der Waals surface area (Å²) in [7, 11) is 0. The first-order chi connectivity index (χ1) is 8.86. The lowest BCUT2D eigenvalue weighted by atomic mass is 9.96. The van der Waals surface area contributed by atoms with Gasteiger partial charge in [0, 0.05) is 38.8 Å². The minimum atomic E-state index is 0.311. The van der Waals surface area contributed by atoms with Gasteiger partial charge in [0.05, 0.1) is 0 Å². The Morgan fingerprint density at radius 3 is 2.39 bits per heavy atom. The van der Waals surface area contributed by atoms with Crippen LogP contribution in [0.15, 0.2) is 0 Å². The van der Waals surface area contributed by atoms with Crippen LogP contribution >= 0.6 is 0 Å². The second kappa shape index (κ2) is 5.47. The van der Waals surface area contributed by atoms with Crippen molar-refractivity contribution in [2.45, 2.75) is 44.6 Å². The van der Waals surface area contributed by atoms with Crippen molar-refractivity contribution >= 4 is 6.03 Å². The van der Waals surface area contributed by atoms with E-state index >= 15 is 0 Å². The molecule has 18 heavy (non-hydrogen) atoms. The van der Waals surface area contributed by atoms with Gasteiger partial charge in [0.15, 0.2) is 0 Å². The molecule has 0 aromatic rings. The molecular weight excluding hydrogens is 226 g/mol. The van der Waals surface area contributed by atoms with E-state index in [1.54, 1.807) is 0 Å². The van der Waals surface area contributed by atoms with E-state index < -0.39 is 0 Å². The van der Waals surface area contributed by atoms with E-state index in [1.165, 1.54) is 38.5 Å². The zero-order valence-corrected chi connectivity index (χ0v) is 11.2. The van der Waals surface area contributed by atoms with Crippen molar-refractivity contribution in [1.29, 1.82) is 0 Å². The zero-order chi connectivity index (χ0) is 12.4. The third-order valence-electron chi connectivity index (χ3n) is 4.88. The summed E-state index contributed by atoms with van der Waals surface area (Å²) in [6, 6.07) is 0.862. The third kappa shape index (κ3) is 2.35. The van der Waals surface area contributed by atoms with Crippen LogP contribution in [0.5, 0.6) is 0 Å².